The largest absolute Gasteiger partial charge is 0.461 e. The van der Waals surface area contributed by atoms with Gasteiger partial charge in [-0.05, 0) is 37.6 Å². The van der Waals surface area contributed by atoms with Crippen LogP contribution in [-0.2, 0) is 0 Å². The Labute approximate surface area is 119 Å². The van der Waals surface area contributed by atoms with E-state index < -0.39 is 0 Å². The van der Waals surface area contributed by atoms with Crippen molar-refractivity contribution in [3.63, 3.8) is 0 Å². The van der Waals surface area contributed by atoms with E-state index in [0.29, 0.717) is 5.82 Å². The van der Waals surface area contributed by atoms with E-state index in [0.717, 1.165) is 10.0 Å². The van der Waals surface area contributed by atoms with Gasteiger partial charge in [0.15, 0.2) is 5.82 Å². The first-order valence-electron chi connectivity index (χ1n) is 5.39. The molecular formula is C12H11BrClN3O. The molecule has 0 N–H and O–H groups in total. The van der Waals surface area contributed by atoms with Gasteiger partial charge in [0.2, 0.25) is 5.28 Å². The Kier molecular flexibility index (Phi) is 4.14. The summed E-state index contributed by atoms with van der Waals surface area (Å²) in [6.07, 6.45) is -0.0150. The fourth-order valence-electron chi connectivity index (χ4n) is 1.35. The molecule has 0 fully saturated rings. The van der Waals surface area contributed by atoms with E-state index in [4.69, 9.17) is 16.3 Å². The van der Waals surface area contributed by atoms with Crippen LogP contribution in [0, 0.1) is 0 Å². The van der Waals surface area contributed by atoms with E-state index in [9.17, 15) is 0 Å². The number of benzene rings is 1. The van der Waals surface area contributed by atoms with Gasteiger partial charge in [0.25, 0.3) is 0 Å². The first kappa shape index (κ1) is 13.2. The number of halogens is 2. The third-order valence-corrected chi connectivity index (χ3v) is 2.67. The summed E-state index contributed by atoms with van der Waals surface area (Å²) < 4.78 is 6.38. The molecule has 0 unspecified atom stereocenters. The highest BCUT2D eigenvalue weighted by molar-refractivity contribution is 9.10. The van der Waals surface area contributed by atoms with E-state index >= 15 is 0 Å². The molecule has 0 bridgehead atoms. The Morgan fingerprint density at radius 2 is 2.00 bits per heavy atom. The second-order valence-electron chi connectivity index (χ2n) is 3.89. The van der Waals surface area contributed by atoms with Crippen LogP contribution < -0.4 is 4.74 Å². The van der Waals surface area contributed by atoms with Crippen molar-refractivity contribution >= 4 is 27.5 Å². The lowest BCUT2D eigenvalue weighted by Gasteiger charge is -2.08. The number of rotatable bonds is 3. The lowest BCUT2D eigenvalue weighted by Crippen LogP contribution is -2.09. The minimum atomic E-state index is -0.0150. The van der Waals surface area contributed by atoms with Gasteiger partial charge in [0.05, 0.1) is 6.10 Å². The first-order chi connectivity index (χ1) is 8.54. The predicted molar refractivity (Wildman–Crippen MR) is 73.7 cm³/mol. The molecule has 0 saturated heterocycles. The van der Waals surface area contributed by atoms with Gasteiger partial charge in [-0.2, -0.15) is 15.0 Å². The molecule has 2 aromatic rings. The van der Waals surface area contributed by atoms with Crippen LogP contribution in [0.15, 0.2) is 28.7 Å². The molecule has 2 rings (SSSR count). The van der Waals surface area contributed by atoms with Crippen LogP contribution in [-0.4, -0.2) is 21.1 Å². The lowest BCUT2D eigenvalue weighted by atomic mass is 10.2. The molecule has 0 amide bonds. The highest BCUT2D eigenvalue weighted by atomic mass is 79.9. The molecule has 1 heterocycles. The summed E-state index contributed by atoms with van der Waals surface area (Å²) in [5.74, 6) is 0.493. The molecule has 0 aliphatic carbocycles. The molecule has 0 radical (unpaired) electrons. The van der Waals surface area contributed by atoms with Gasteiger partial charge in [-0.1, -0.05) is 28.1 Å². The fraction of sp³-hybridized carbons (Fsp3) is 0.250. The van der Waals surface area contributed by atoms with E-state index in [-0.39, 0.29) is 17.4 Å². The first-order valence-corrected chi connectivity index (χ1v) is 6.56. The fourth-order valence-corrected chi connectivity index (χ4v) is 1.90. The van der Waals surface area contributed by atoms with Crippen molar-refractivity contribution < 1.29 is 4.74 Å². The van der Waals surface area contributed by atoms with Gasteiger partial charge in [0.1, 0.15) is 0 Å². The molecule has 0 aliphatic heterocycles. The number of hydrogen-bond donors (Lipinski definition) is 0. The summed E-state index contributed by atoms with van der Waals surface area (Å²) in [6.45, 7) is 3.80. The van der Waals surface area contributed by atoms with Crippen LogP contribution in [0.4, 0.5) is 0 Å². The van der Waals surface area contributed by atoms with E-state index in [2.05, 4.69) is 30.9 Å². The Morgan fingerprint density at radius 3 is 2.67 bits per heavy atom. The third-order valence-electron chi connectivity index (χ3n) is 2.01. The molecule has 1 aromatic heterocycles. The summed E-state index contributed by atoms with van der Waals surface area (Å²) >= 11 is 9.27. The van der Waals surface area contributed by atoms with Gasteiger partial charge >= 0.3 is 6.01 Å². The van der Waals surface area contributed by atoms with Gasteiger partial charge in [-0.3, -0.25) is 0 Å². The lowest BCUT2D eigenvalue weighted by molar-refractivity contribution is 0.222. The molecule has 0 aliphatic rings. The van der Waals surface area contributed by atoms with Crippen LogP contribution in [0.5, 0.6) is 6.01 Å². The Balaban J connectivity index is 2.41. The second-order valence-corrected chi connectivity index (χ2v) is 5.14. The maximum Gasteiger partial charge on any atom is 0.321 e. The zero-order valence-corrected chi connectivity index (χ0v) is 12.2. The van der Waals surface area contributed by atoms with E-state index in [1.165, 1.54) is 0 Å². The number of hydrogen-bond acceptors (Lipinski definition) is 4. The van der Waals surface area contributed by atoms with Crippen molar-refractivity contribution in [1.82, 2.24) is 15.0 Å². The minimum absolute atomic E-state index is 0.0150. The van der Waals surface area contributed by atoms with E-state index in [1.54, 1.807) is 0 Å². The summed E-state index contributed by atoms with van der Waals surface area (Å²) in [7, 11) is 0. The van der Waals surface area contributed by atoms with Crippen molar-refractivity contribution in [1.29, 1.82) is 0 Å². The van der Waals surface area contributed by atoms with Gasteiger partial charge in [-0.15, -0.1) is 0 Å². The molecule has 0 saturated carbocycles. The molecule has 0 spiro atoms. The molecule has 1 aromatic carbocycles. The Hall–Kier alpha value is -1.20. The highest BCUT2D eigenvalue weighted by Crippen LogP contribution is 2.22. The maximum absolute atomic E-state index is 5.87. The normalized spacial score (nSPS) is 10.7. The van der Waals surface area contributed by atoms with Crippen LogP contribution in [0.3, 0.4) is 0 Å². The van der Waals surface area contributed by atoms with Gasteiger partial charge < -0.3 is 4.74 Å². The van der Waals surface area contributed by atoms with Crippen LogP contribution in [0.1, 0.15) is 13.8 Å². The van der Waals surface area contributed by atoms with Crippen molar-refractivity contribution in [2.45, 2.75) is 20.0 Å². The zero-order chi connectivity index (χ0) is 13.1. The summed E-state index contributed by atoms with van der Waals surface area (Å²) in [5, 5.41) is 0.121. The molecule has 18 heavy (non-hydrogen) atoms. The average molecular weight is 329 g/mol. The van der Waals surface area contributed by atoms with Crippen molar-refractivity contribution in [3.8, 4) is 17.4 Å². The maximum atomic E-state index is 5.87. The quantitative estimate of drug-likeness (QED) is 0.861. The number of nitrogens with zero attached hydrogens (tertiary/aromatic N) is 3. The standard InChI is InChI=1S/C12H11BrClN3O/c1-7(2)18-12-16-10(15-11(14)17-12)8-4-3-5-9(13)6-8/h3-7H,1-2H3. The van der Waals surface area contributed by atoms with Crippen LogP contribution >= 0.6 is 27.5 Å². The molecule has 94 valence electrons. The molecule has 6 heteroatoms. The second kappa shape index (κ2) is 5.63. The molecular weight excluding hydrogens is 318 g/mol. The van der Waals surface area contributed by atoms with Crippen molar-refractivity contribution in [3.05, 3.63) is 34.0 Å². The molecule has 0 atom stereocenters. The van der Waals surface area contributed by atoms with Crippen LogP contribution in [0.25, 0.3) is 11.4 Å². The Morgan fingerprint density at radius 1 is 1.22 bits per heavy atom. The SMILES string of the molecule is CC(C)Oc1nc(Cl)nc(-c2cccc(Br)c2)n1. The smallest absolute Gasteiger partial charge is 0.321 e. The summed E-state index contributed by atoms with van der Waals surface area (Å²) in [4.78, 5) is 12.3. The monoisotopic (exact) mass is 327 g/mol. The zero-order valence-electron chi connectivity index (χ0n) is 9.89. The minimum Gasteiger partial charge on any atom is -0.461 e. The summed E-state index contributed by atoms with van der Waals surface area (Å²) in [5.41, 5.74) is 0.849. The van der Waals surface area contributed by atoms with Crippen LogP contribution in [0.2, 0.25) is 5.28 Å². The van der Waals surface area contributed by atoms with Crippen molar-refractivity contribution in [2.75, 3.05) is 0 Å². The average Bonchev–Trinajstić information content (AvgIpc) is 2.27. The summed E-state index contributed by atoms with van der Waals surface area (Å²) in [6, 6.07) is 7.87. The van der Waals surface area contributed by atoms with Gasteiger partial charge in [-0.25, -0.2) is 0 Å². The highest BCUT2D eigenvalue weighted by Gasteiger charge is 2.09. The predicted octanol–water partition coefficient (Wildman–Crippen LogP) is 3.74. The van der Waals surface area contributed by atoms with Gasteiger partial charge in [0, 0.05) is 10.0 Å². The Bertz CT molecular complexity index is 563. The van der Waals surface area contributed by atoms with Crippen molar-refractivity contribution in [2.24, 2.45) is 0 Å². The number of aromatic nitrogens is 3. The molecule has 4 nitrogen and oxygen atoms in total. The number of ether oxygens (including phenoxy) is 1. The topological polar surface area (TPSA) is 47.9 Å². The van der Waals surface area contributed by atoms with E-state index in [1.807, 2.05) is 38.1 Å². The third kappa shape index (κ3) is 3.40.